The normalized spacial score (nSPS) is 10.3. The van der Waals surface area contributed by atoms with Gasteiger partial charge >= 0.3 is 0 Å². The van der Waals surface area contributed by atoms with Crippen molar-refractivity contribution < 1.29 is 9.90 Å². The van der Waals surface area contributed by atoms with Gasteiger partial charge in [-0.1, -0.05) is 24.3 Å². The van der Waals surface area contributed by atoms with Gasteiger partial charge in [0.25, 0.3) is 5.91 Å². The standard InChI is InChI=1S/C16H18N2O2/c1-11-13(7-5-9-15(11)19)16(20)18(2)14-8-4-3-6-12(14)10-17/h3-9,19H,10,17H2,1-2H3. The fourth-order valence-electron chi connectivity index (χ4n) is 2.16. The predicted molar refractivity (Wildman–Crippen MR) is 79.9 cm³/mol. The van der Waals surface area contributed by atoms with Crippen molar-refractivity contribution in [2.45, 2.75) is 13.5 Å². The summed E-state index contributed by atoms with van der Waals surface area (Å²) in [5.41, 5.74) is 8.45. The molecule has 0 unspecified atom stereocenters. The average molecular weight is 270 g/mol. The highest BCUT2D eigenvalue weighted by Gasteiger charge is 2.18. The van der Waals surface area contributed by atoms with Crippen molar-refractivity contribution in [1.29, 1.82) is 0 Å². The Hall–Kier alpha value is -2.33. The van der Waals surface area contributed by atoms with E-state index in [9.17, 15) is 9.90 Å². The Bertz CT molecular complexity index is 638. The molecule has 0 saturated heterocycles. The molecule has 0 atom stereocenters. The smallest absolute Gasteiger partial charge is 0.258 e. The number of nitrogens with two attached hydrogens (primary N) is 1. The van der Waals surface area contributed by atoms with Gasteiger partial charge in [-0.15, -0.1) is 0 Å². The summed E-state index contributed by atoms with van der Waals surface area (Å²) in [6.07, 6.45) is 0. The van der Waals surface area contributed by atoms with E-state index in [-0.39, 0.29) is 11.7 Å². The number of rotatable bonds is 3. The minimum atomic E-state index is -0.167. The fraction of sp³-hybridized carbons (Fsp3) is 0.188. The maximum Gasteiger partial charge on any atom is 0.258 e. The van der Waals surface area contributed by atoms with Crippen LogP contribution in [-0.4, -0.2) is 18.1 Å². The van der Waals surface area contributed by atoms with Crippen LogP contribution in [0.5, 0.6) is 5.75 Å². The lowest BCUT2D eigenvalue weighted by molar-refractivity contribution is 0.0992. The number of aromatic hydroxyl groups is 1. The summed E-state index contributed by atoms with van der Waals surface area (Å²) in [7, 11) is 1.71. The van der Waals surface area contributed by atoms with Crippen LogP contribution in [0.15, 0.2) is 42.5 Å². The van der Waals surface area contributed by atoms with Crippen LogP contribution in [-0.2, 0) is 6.54 Å². The molecule has 4 heteroatoms. The number of nitrogens with zero attached hydrogens (tertiary/aromatic N) is 1. The van der Waals surface area contributed by atoms with Gasteiger partial charge in [-0.25, -0.2) is 0 Å². The highest BCUT2D eigenvalue weighted by Crippen LogP contribution is 2.24. The molecule has 4 nitrogen and oxygen atoms in total. The first kappa shape index (κ1) is 14.1. The number of benzene rings is 2. The third-order valence-electron chi connectivity index (χ3n) is 3.41. The number of hydrogen-bond acceptors (Lipinski definition) is 3. The Morgan fingerprint density at radius 1 is 1.20 bits per heavy atom. The van der Waals surface area contributed by atoms with Crippen molar-refractivity contribution >= 4 is 11.6 Å². The van der Waals surface area contributed by atoms with Crippen LogP contribution in [0.1, 0.15) is 21.5 Å². The van der Waals surface area contributed by atoms with Gasteiger partial charge in [0, 0.05) is 30.4 Å². The molecule has 0 aliphatic heterocycles. The molecule has 20 heavy (non-hydrogen) atoms. The largest absolute Gasteiger partial charge is 0.508 e. The molecular formula is C16H18N2O2. The molecule has 2 aromatic carbocycles. The first-order chi connectivity index (χ1) is 9.56. The average Bonchev–Trinajstić information content (AvgIpc) is 2.48. The topological polar surface area (TPSA) is 66.6 Å². The first-order valence-corrected chi connectivity index (χ1v) is 6.41. The molecule has 0 spiro atoms. The van der Waals surface area contributed by atoms with E-state index in [1.165, 1.54) is 0 Å². The van der Waals surface area contributed by atoms with Gasteiger partial charge in [0.05, 0.1) is 0 Å². The van der Waals surface area contributed by atoms with Crippen LogP contribution in [0.3, 0.4) is 0 Å². The maximum atomic E-state index is 12.6. The molecule has 0 fully saturated rings. The van der Waals surface area contributed by atoms with Crippen LogP contribution in [0, 0.1) is 6.92 Å². The quantitative estimate of drug-likeness (QED) is 0.900. The summed E-state index contributed by atoms with van der Waals surface area (Å²) in [4.78, 5) is 14.1. The first-order valence-electron chi connectivity index (χ1n) is 6.41. The van der Waals surface area contributed by atoms with Crippen molar-refractivity contribution in [3.8, 4) is 5.75 Å². The Kier molecular flexibility index (Phi) is 4.05. The van der Waals surface area contributed by atoms with E-state index < -0.39 is 0 Å². The van der Waals surface area contributed by atoms with Gasteiger partial charge in [-0.2, -0.15) is 0 Å². The van der Waals surface area contributed by atoms with Crippen LogP contribution in [0.25, 0.3) is 0 Å². The van der Waals surface area contributed by atoms with E-state index in [0.717, 1.165) is 11.3 Å². The van der Waals surface area contributed by atoms with E-state index in [4.69, 9.17) is 5.73 Å². The number of hydrogen-bond donors (Lipinski definition) is 2. The molecule has 1 amide bonds. The lowest BCUT2D eigenvalue weighted by atomic mass is 10.1. The van der Waals surface area contributed by atoms with Crippen LogP contribution >= 0.6 is 0 Å². The number of anilines is 1. The minimum Gasteiger partial charge on any atom is -0.508 e. The number of para-hydroxylation sites is 1. The third kappa shape index (κ3) is 2.51. The molecule has 0 aliphatic carbocycles. The van der Waals surface area contributed by atoms with Crippen LogP contribution in [0.2, 0.25) is 0 Å². The second kappa shape index (κ2) is 5.75. The summed E-state index contributed by atoms with van der Waals surface area (Å²) in [6, 6.07) is 12.5. The molecule has 0 aromatic heterocycles. The summed E-state index contributed by atoms with van der Waals surface area (Å²) < 4.78 is 0. The number of amides is 1. The molecule has 2 aromatic rings. The van der Waals surface area contributed by atoms with Gasteiger partial charge in [0.1, 0.15) is 5.75 Å². The van der Waals surface area contributed by atoms with Gasteiger partial charge < -0.3 is 15.7 Å². The molecule has 0 heterocycles. The number of carbonyl (C=O) groups excluding carboxylic acids is 1. The molecule has 3 N–H and O–H groups in total. The van der Waals surface area contributed by atoms with E-state index >= 15 is 0 Å². The highest BCUT2D eigenvalue weighted by molar-refractivity contribution is 6.07. The SMILES string of the molecule is Cc1c(O)cccc1C(=O)N(C)c1ccccc1CN. The van der Waals surface area contributed by atoms with Crippen LogP contribution < -0.4 is 10.6 Å². The summed E-state index contributed by atoms with van der Waals surface area (Å²) in [5.74, 6) is -0.0457. The molecule has 2 rings (SSSR count). The van der Waals surface area contributed by atoms with Crippen LogP contribution in [0.4, 0.5) is 5.69 Å². The Morgan fingerprint density at radius 2 is 1.90 bits per heavy atom. The molecular weight excluding hydrogens is 252 g/mol. The second-order valence-electron chi connectivity index (χ2n) is 4.65. The zero-order valence-electron chi connectivity index (χ0n) is 11.6. The summed E-state index contributed by atoms with van der Waals surface area (Å²) in [5, 5.41) is 9.71. The molecule has 104 valence electrons. The fourth-order valence-corrected chi connectivity index (χ4v) is 2.16. The maximum absolute atomic E-state index is 12.6. The van der Waals surface area contributed by atoms with Crippen molar-refractivity contribution in [2.24, 2.45) is 5.73 Å². The lowest BCUT2D eigenvalue weighted by Gasteiger charge is -2.21. The zero-order chi connectivity index (χ0) is 14.7. The molecule has 0 bridgehead atoms. The van der Waals surface area contributed by atoms with E-state index in [2.05, 4.69) is 0 Å². The third-order valence-corrected chi connectivity index (χ3v) is 3.41. The number of phenols is 1. The van der Waals surface area contributed by atoms with Gasteiger partial charge in [-0.3, -0.25) is 4.79 Å². The predicted octanol–water partition coefficient (Wildman–Crippen LogP) is 2.44. The molecule has 0 radical (unpaired) electrons. The molecule has 0 saturated carbocycles. The van der Waals surface area contributed by atoms with E-state index in [0.29, 0.717) is 17.7 Å². The van der Waals surface area contributed by atoms with Crippen molar-refractivity contribution in [3.63, 3.8) is 0 Å². The van der Waals surface area contributed by atoms with Crippen molar-refractivity contribution in [1.82, 2.24) is 0 Å². The Morgan fingerprint density at radius 3 is 2.60 bits per heavy atom. The van der Waals surface area contributed by atoms with Gasteiger partial charge in [0.15, 0.2) is 0 Å². The highest BCUT2D eigenvalue weighted by atomic mass is 16.3. The Balaban J connectivity index is 2.40. The lowest BCUT2D eigenvalue weighted by Crippen LogP contribution is -2.28. The van der Waals surface area contributed by atoms with E-state index in [1.807, 2.05) is 24.3 Å². The monoisotopic (exact) mass is 270 g/mol. The Labute approximate surface area is 118 Å². The number of phenolic OH excluding ortho intramolecular Hbond substituents is 1. The zero-order valence-corrected chi connectivity index (χ0v) is 11.6. The van der Waals surface area contributed by atoms with Crippen molar-refractivity contribution in [2.75, 3.05) is 11.9 Å². The summed E-state index contributed by atoms with van der Waals surface area (Å²) >= 11 is 0. The molecule has 0 aliphatic rings. The number of carbonyl (C=O) groups is 1. The van der Waals surface area contributed by atoms with Gasteiger partial charge in [-0.05, 0) is 30.7 Å². The van der Waals surface area contributed by atoms with Crippen molar-refractivity contribution in [3.05, 3.63) is 59.2 Å². The van der Waals surface area contributed by atoms with Gasteiger partial charge in [0.2, 0.25) is 0 Å². The summed E-state index contributed by atoms with van der Waals surface area (Å²) in [6.45, 7) is 2.10. The van der Waals surface area contributed by atoms with E-state index in [1.54, 1.807) is 37.1 Å². The second-order valence-corrected chi connectivity index (χ2v) is 4.65. The minimum absolute atomic E-state index is 0.122.